The van der Waals surface area contributed by atoms with Gasteiger partial charge in [-0.15, -0.1) is 0 Å². The van der Waals surface area contributed by atoms with Crippen molar-refractivity contribution in [2.45, 2.75) is 38.6 Å². The van der Waals surface area contributed by atoms with Crippen molar-refractivity contribution in [2.24, 2.45) is 5.92 Å². The van der Waals surface area contributed by atoms with Crippen LogP contribution in [0.3, 0.4) is 0 Å². The van der Waals surface area contributed by atoms with Crippen molar-refractivity contribution in [1.82, 2.24) is 9.78 Å². The first-order valence-corrected chi connectivity index (χ1v) is 6.75. The van der Waals surface area contributed by atoms with Gasteiger partial charge in [-0.3, -0.25) is 0 Å². The third kappa shape index (κ3) is 3.47. The molecule has 1 aromatic heterocycles. The molecular formula is C13H20N2O4. The fourth-order valence-electron chi connectivity index (χ4n) is 2.48. The summed E-state index contributed by atoms with van der Waals surface area (Å²) in [5, 5.41) is 22.0. The van der Waals surface area contributed by atoms with Gasteiger partial charge in [-0.05, 0) is 18.8 Å². The molecule has 0 bridgehead atoms. The summed E-state index contributed by atoms with van der Waals surface area (Å²) in [4.78, 5) is 11.1. The maximum Gasteiger partial charge on any atom is 0.342 e. The Morgan fingerprint density at radius 1 is 1.42 bits per heavy atom. The molecule has 1 saturated carbocycles. The lowest BCUT2D eigenvalue weighted by molar-refractivity contribution is 0.0689. The SMILES string of the molecule is O=C(O)c1cnn(CCO)c1OCC1CCCCC1. The smallest absolute Gasteiger partial charge is 0.342 e. The Bertz CT molecular complexity index is 424. The third-order valence-corrected chi connectivity index (χ3v) is 3.51. The van der Waals surface area contributed by atoms with E-state index in [1.807, 2.05) is 0 Å². The Morgan fingerprint density at radius 2 is 2.16 bits per heavy atom. The minimum Gasteiger partial charge on any atom is -0.477 e. The summed E-state index contributed by atoms with van der Waals surface area (Å²) in [6.07, 6.45) is 7.26. The first-order chi connectivity index (χ1) is 9.22. The van der Waals surface area contributed by atoms with Gasteiger partial charge in [-0.1, -0.05) is 19.3 Å². The highest BCUT2D eigenvalue weighted by molar-refractivity contribution is 5.89. The van der Waals surface area contributed by atoms with Crippen LogP contribution in [0.4, 0.5) is 0 Å². The van der Waals surface area contributed by atoms with Crippen molar-refractivity contribution >= 4 is 5.97 Å². The van der Waals surface area contributed by atoms with E-state index in [0.29, 0.717) is 12.5 Å². The molecule has 6 heteroatoms. The predicted molar refractivity (Wildman–Crippen MR) is 68.3 cm³/mol. The summed E-state index contributed by atoms with van der Waals surface area (Å²) in [5.74, 6) is -0.303. The molecule has 0 atom stereocenters. The Labute approximate surface area is 112 Å². The summed E-state index contributed by atoms with van der Waals surface area (Å²) >= 11 is 0. The Kier molecular flexibility index (Phi) is 4.79. The fourth-order valence-corrected chi connectivity index (χ4v) is 2.48. The van der Waals surface area contributed by atoms with Gasteiger partial charge >= 0.3 is 5.97 Å². The molecule has 1 aliphatic carbocycles. The lowest BCUT2D eigenvalue weighted by Gasteiger charge is -2.22. The Balaban J connectivity index is 2.03. The quantitative estimate of drug-likeness (QED) is 0.817. The van der Waals surface area contributed by atoms with Crippen LogP contribution in [0.25, 0.3) is 0 Å². The topological polar surface area (TPSA) is 84.6 Å². The first kappa shape index (κ1) is 13.9. The average molecular weight is 268 g/mol. The highest BCUT2D eigenvalue weighted by Crippen LogP contribution is 2.26. The largest absolute Gasteiger partial charge is 0.477 e. The zero-order valence-corrected chi connectivity index (χ0v) is 10.9. The van der Waals surface area contributed by atoms with E-state index in [0.717, 1.165) is 12.8 Å². The van der Waals surface area contributed by atoms with Crippen LogP contribution < -0.4 is 4.74 Å². The fraction of sp³-hybridized carbons (Fsp3) is 0.692. The number of ether oxygens (including phenoxy) is 1. The Morgan fingerprint density at radius 3 is 2.79 bits per heavy atom. The van der Waals surface area contributed by atoms with Crippen LogP contribution in [-0.2, 0) is 6.54 Å². The van der Waals surface area contributed by atoms with Crippen molar-refractivity contribution in [2.75, 3.05) is 13.2 Å². The molecule has 0 spiro atoms. The lowest BCUT2D eigenvalue weighted by atomic mass is 9.90. The van der Waals surface area contributed by atoms with Crippen molar-refractivity contribution in [3.05, 3.63) is 11.8 Å². The minimum absolute atomic E-state index is 0.0595. The van der Waals surface area contributed by atoms with Gasteiger partial charge in [0.25, 0.3) is 0 Å². The summed E-state index contributed by atoms with van der Waals surface area (Å²) in [6, 6.07) is 0. The van der Waals surface area contributed by atoms with Gasteiger partial charge in [0, 0.05) is 0 Å². The normalized spacial score (nSPS) is 16.5. The molecule has 2 rings (SSSR count). The molecule has 0 aliphatic heterocycles. The van der Waals surface area contributed by atoms with Crippen LogP contribution in [-0.4, -0.2) is 39.2 Å². The number of carboxylic acid groups (broad SMARTS) is 1. The van der Waals surface area contributed by atoms with Gasteiger partial charge < -0.3 is 14.9 Å². The highest BCUT2D eigenvalue weighted by atomic mass is 16.5. The number of rotatable bonds is 6. The molecule has 0 unspecified atom stereocenters. The molecule has 2 N–H and O–H groups in total. The van der Waals surface area contributed by atoms with Crippen LogP contribution in [0.2, 0.25) is 0 Å². The summed E-state index contributed by atoms with van der Waals surface area (Å²) in [7, 11) is 0. The summed E-state index contributed by atoms with van der Waals surface area (Å²) in [5.41, 5.74) is 0.0595. The molecule has 1 aliphatic rings. The van der Waals surface area contributed by atoms with Crippen LogP contribution >= 0.6 is 0 Å². The van der Waals surface area contributed by atoms with Crippen molar-refractivity contribution < 1.29 is 19.7 Å². The zero-order chi connectivity index (χ0) is 13.7. The maximum atomic E-state index is 11.1. The van der Waals surface area contributed by atoms with Gasteiger partial charge in [0.15, 0.2) is 0 Å². The molecule has 6 nitrogen and oxygen atoms in total. The second-order valence-electron chi connectivity index (χ2n) is 4.93. The van der Waals surface area contributed by atoms with Gasteiger partial charge in [-0.2, -0.15) is 5.10 Å². The minimum atomic E-state index is -1.05. The highest BCUT2D eigenvalue weighted by Gasteiger charge is 2.20. The second-order valence-corrected chi connectivity index (χ2v) is 4.93. The number of hydrogen-bond acceptors (Lipinski definition) is 4. The monoisotopic (exact) mass is 268 g/mol. The summed E-state index contributed by atoms with van der Waals surface area (Å²) < 4.78 is 7.08. The molecule has 1 heterocycles. The number of aliphatic hydroxyl groups excluding tert-OH is 1. The molecule has 19 heavy (non-hydrogen) atoms. The lowest BCUT2D eigenvalue weighted by Crippen LogP contribution is -2.18. The molecule has 0 radical (unpaired) electrons. The number of hydrogen-bond donors (Lipinski definition) is 2. The number of carboxylic acids is 1. The van der Waals surface area contributed by atoms with E-state index in [1.54, 1.807) is 0 Å². The summed E-state index contributed by atoms with van der Waals surface area (Å²) in [6.45, 7) is 0.672. The van der Waals surface area contributed by atoms with E-state index in [-0.39, 0.29) is 24.6 Å². The second kappa shape index (κ2) is 6.56. The first-order valence-electron chi connectivity index (χ1n) is 6.75. The number of aliphatic hydroxyl groups is 1. The van der Waals surface area contributed by atoms with Gasteiger partial charge in [-0.25, -0.2) is 9.48 Å². The standard InChI is InChI=1S/C13H20N2O4/c16-7-6-15-12(11(8-14-15)13(17)18)19-9-10-4-2-1-3-5-10/h8,10,16H,1-7,9H2,(H,17,18). The van der Waals surface area contributed by atoms with E-state index in [2.05, 4.69) is 5.10 Å². The van der Waals surface area contributed by atoms with E-state index >= 15 is 0 Å². The number of aromatic carboxylic acids is 1. The number of carbonyl (C=O) groups is 1. The molecule has 1 fully saturated rings. The van der Waals surface area contributed by atoms with Crippen LogP contribution in [0.1, 0.15) is 42.5 Å². The molecular weight excluding hydrogens is 248 g/mol. The predicted octanol–water partition coefficient (Wildman–Crippen LogP) is 1.53. The van der Waals surface area contributed by atoms with Crippen LogP contribution in [0, 0.1) is 5.92 Å². The molecule has 1 aromatic rings. The van der Waals surface area contributed by atoms with Crippen molar-refractivity contribution in [3.8, 4) is 5.88 Å². The zero-order valence-electron chi connectivity index (χ0n) is 10.9. The molecule has 106 valence electrons. The van der Waals surface area contributed by atoms with Gasteiger partial charge in [0.2, 0.25) is 5.88 Å². The van der Waals surface area contributed by atoms with E-state index in [4.69, 9.17) is 14.9 Å². The van der Waals surface area contributed by atoms with Gasteiger partial charge in [0.05, 0.1) is 26.0 Å². The third-order valence-electron chi connectivity index (χ3n) is 3.51. The van der Waals surface area contributed by atoms with Crippen LogP contribution in [0.15, 0.2) is 6.20 Å². The van der Waals surface area contributed by atoms with Gasteiger partial charge in [0.1, 0.15) is 5.56 Å². The number of nitrogens with zero attached hydrogens (tertiary/aromatic N) is 2. The van der Waals surface area contributed by atoms with Crippen molar-refractivity contribution in [1.29, 1.82) is 0 Å². The average Bonchev–Trinajstić information content (AvgIpc) is 2.81. The van der Waals surface area contributed by atoms with E-state index in [1.165, 1.54) is 30.1 Å². The number of aromatic nitrogens is 2. The molecule has 0 saturated heterocycles. The maximum absolute atomic E-state index is 11.1. The Hall–Kier alpha value is -1.56. The molecule has 0 aromatic carbocycles. The van der Waals surface area contributed by atoms with E-state index in [9.17, 15) is 4.79 Å². The van der Waals surface area contributed by atoms with Crippen molar-refractivity contribution in [3.63, 3.8) is 0 Å². The molecule has 0 amide bonds. The van der Waals surface area contributed by atoms with Crippen LogP contribution in [0.5, 0.6) is 5.88 Å². The van der Waals surface area contributed by atoms with E-state index < -0.39 is 5.97 Å².